The van der Waals surface area contributed by atoms with Gasteiger partial charge >= 0.3 is 0 Å². The lowest BCUT2D eigenvalue weighted by Crippen LogP contribution is -2.29. The SMILES string of the molecule is CC(=O)NCCNc1ccccc1-c1nccc(NCCNC(=O)c2ccc3ccccc3n2)n1. The second kappa shape index (κ2) is 11.6. The Balaban J connectivity index is 1.32. The molecule has 4 N–H and O–H groups in total. The average molecular weight is 470 g/mol. The summed E-state index contributed by atoms with van der Waals surface area (Å²) in [6, 6.07) is 20.8. The Kier molecular flexibility index (Phi) is 7.80. The van der Waals surface area contributed by atoms with E-state index in [1.54, 1.807) is 18.3 Å². The standard InChI is InChI=1S/C26H27N7O2/c1-18(34)27-14-15-28-22-9-5-3-7-20(22)25-30-13-12-24(33-25)29-16-17-31-26(35)23-11-10-19-6-2-4-8-21(19)32-23/h2-13,28H,14-17H2,1H3,(H,27,34)(H,31,35)(H,29,30,33). The maximum atomic E-state index is 12.5. The molecule has 0 spiro atoms. The number of nitrogens with zero attached hydrogens (tertiary/aromatic N) is 3. The average Bonchev–Trinajstić information content (AvgIpc) is 2.89. The van der Waals surface area contributed by atoms with Crippen LogP contribution in [0.4, 0.5) is 11.5 Å². The van der Waals surface area contributed by atoms with Gasteiger partial charge in [-0.3, -0.25) is 9.59 Å². The molecule has 0 fully saturated rings. The van der Waals surface area contributed by atoms with E-state index in [-0.39, 0.29) is 11.8 Å². The number of amides is 2. The molecule has 0 aliphatic carbocycles. The molecule has 0 radical (unpaired) electrons. The minimum atomic E-state index is -0.222. The first-order valence-corrected chi connectivity index (χ1v) is 11.4. The minimum Gasteiger partial charge on any atom is -0.383 e. The van der Waals surface area contributed by atoms with Crippen molar-refractivity contribution in [2.75, 3.05) is 36.8 Å². The second-order valence-corrected chi connectivity index (χ2v) is 7.79. The molecule has 2 heterocycles. The molecule has 0 aliphatic heterocycles. The zero-order chi connectivity index (χ0) is 24.5. The highest BCUT2D eigenvalue weighted by molar-refractivity contribution is 5.94. The number of carbonyl (C=O) groups is 2. The van der Waals surface area contributed by atoms with Crippen molar-refractivity contribution in [1.82, 2.24) is 25.6 Å². The fraction of sp³-hybridized carbons (Fsp3) is 0.192. The third kappa shape index (κ3) is 6.50. The number of aromatic nitrogens is 3. The summed E-state index contributed by atoms with van der Waals surface area (Å²) in [6.45, 7) is 3.50. The van der Waals surface area contributed by atoms with Crippen molar-refractivity contribution in [1.29, 1.82) is 0 Å². The number of fused-ring (bicyclic) bond motifs is 1. The summed E-state index contributed by atoms with van der Waals surface area (Å²) in [5.74, 6) is 0.940. The van der Waals surface area contributed by atoms with Gasteiger partial charge in [0.05, 0.1) is 5.52 Å². The number of rotatable bonds is 10. The molecule has 2 aromatic heterocycles. The predicted molar refractivity (Wildman–Crippen MR) is 137 cm³/mol. The van der Waals surface area contributed by atoms with Gasteiger partial charge in [0.25, 0.3) is 5.91 Å². The number of pyridine rings is 1. The van der Waals surface area contributed by atoms with Crippen LogP contribution in [0.25, 0.3) is 22.3 Å². The molecule has 2 amide bonds. The van der Waals surface area contributed by atoms with E-state index in [1.165, 1.54) is 6.92 Å². The van der Waals surface area contributed by atoms with Gasteiger partial charge in [0.2, 0.25) is 5.91 Å². The molecule has 0 atom stereocenters. The molecule has 2 aromatic carbocycles. The summed E-state index contributed by atoms with van der Waals surface area (Å²) in [7, 11) is 0. The van der Waals surface area contributed by atoms with Gasteiger partial charge in [-0.25, -0.2) is 15.0 Å². The molecule has 0 aliphatic rings. The molecular weight excluding hydrogens is 442 g/mol. The van der Waals surface area contributed by atoms with E-state index < -0.39 is 0 Å². The number of carbonyl (C=O) groups excluding carboxylic acids is 2. The summed E-state index contributed by atoms with van der Waals surface area (Å²) in [4.78, 5) is 37.0. The van der Waals surface area contributed by atoms with Gasteiger partial charge in [-0.05, 0) is 30.3 Å². The van der Waals surface area contributed by atoms with E-state index in [1.807, 2.05) is 54.6 Å². The monoisotopic (exact) mass is 469 g/mol. The summed E-state index contributed by atoms with van der Waals surface area (Å²) < 4.78 is 0. The zero-order valence-electron chi connectivity index (χ0n) is 19.4. The molecule has 0 unspecified atom stereocenters. The molecule has 0 bridgehead atoms. The van der Waals surface area contributed by atoms with Gasteiger partial charge in [0.15, 0.2) is 5.82 Å². The van der Waals surface area contributed by atoms with Crippen LogP contribution in [0.1, 0.15) is 17.4 Å². The van der Waals surface area contributed by atoms with Crippen LogP contribution in [0.5, 0.6) is 0 Å². The Hall–Kier alpha value is -4.53. The van der Waals surface area contributed by atoms with E-state index in [9.17, 15) is 9.59 Å². The molecular formula is C26H27N7O2. The van der Waals surface area contributed by atoms with Crippen molar-refractivity contribution in [3.8, 4) is 11.4 Å². The highest BCUT2D eigenvalue weighted by Crippen LogP contribution is 2.25. The van der Waals surface area contributed by atoms with Gasteiger partial charge in [-0.1, -0.05) is 36.4 Å². The molecule has 0 saturated carbocycles. The van der Waals surface area contributed by atoms with Crippen LogP contribution in [-0.2, 0) is 4.79 Å². The first-order chi connectivity index (χ1) is 17.1. The van der Waals surface area contributed by atoms with Gasteiger partial charge in [0.1, 0.15) is 11.5 Å². The third-order valence-corrected chi connectivity index (χ3v) is 5.19. The van der Waals surface area contributed by atoms with Crippen LogP contribution in [-0.4, -0.2) is 52.9 Å². The largest absolute Gasteiger partial charge is 0.383 e. The van der Waals surface area contributed by atoms with Crippen molar-refractivity contribution in [3.05, 3.63) is 78.6 Å². The molecule has 35 heavy (non-hydrogen) atoms. The van der Waals surface area contributed by atoms with Crippen molar-refractivity contribution >= 4 is 34.2 Å². The molecule has 9 heteroatoms. The van der Waals surface area contributed by atoms with Crippen LogP contribution in [0.3, 0.4) is 0 Å². The van der Waals surface area contributed by atoms with Crippen molar-refractivity contribution in [2.24, 2.45) is 0 Å². The quantitative estimate of drug-likeness (QED) is 0.263. The maximum absolute atomic E-state index is 12.5. The topological polar surface area (TPSA) is 121 Å². The van der Waals surface area contributed by atoms with E-state index in [0.717, 1.165) is 22.2 Å². The highest BCUT2D eigenvalue weighted by atomic mass is 16.2. The van der Waals surface area contributed by atoms with Crippen LogP contribution >= 0.6 is 0 Å². The van der Waals surface area contributed by atoms with Gasteiger partial charge in [0, 0.05) is 55.9 Å². The lowest BCUT2D eigenvalue weighted by Gasteiger charge is -2.12. The first-order valence-electron chi connectivity index (χ1n) is 11.4. The molecule has 9 nitrogen and oxygen atoms in total. The van der Waals surface area contributed by atoms with Crippen molar-refractivity contribution in [3.63, 3.8) is 0 Å². The number of para-hydroxylation sites is 2. The minimum absolute atomic E-state index is 0.0630. The number of anilines is 2. The smallest absolute Gasteiger partial charge is 0.269 e. The van der Waals surface area contributed by atoms with E-state index in [0.29, 0.717) is 43.5 Å². The summed E-state index contributed by atoms with van der Waals surface area (Å²) in [6.07, 6.45) is 1.69. The Labute approximate surface area is 203 Å². The predicted octanol–water partition coefficient (Wildman–Crippen LogP) is 3.08. The van der Waals surface area contributed by atoms with Gasteiger partial charge < -0.3 is 21.3 Å². The van der Waals surface area contributed by atoms with Crippen LogP contribution < -0.4 is 21.3 Å². The lowest BCUT2D eigenvalue weighted by atomic mass is 10.1. The molecule has 4 rings (SSSR count). The molecule has 178 valence electrons. The van der Waals surface area contributed by atoms with Crippen LogP contribution in [0, 0.1) is 0 Å². The van der Waals surface area contributed by atoms with Gasteiger partial charge in [-0.15, -0.1) is 0 Å². The summed E-state index contributed by atoms with van der Waals surface area (Å²) in [5.41, 5.74) is 2.91. The Bertz CT molecular complexity index is 1330. The van der Waals surface area contributed by atoms with Crippen LogP contribution in [0.15, 0.2) is 72.9 Å². The first kappa shape index (κ1) is 23.6. The molecule has 0 saturated heterocycles. The summed E-state index contributed by atoms with van der Waals surface area (Å²) >= 11 is 0. The highest BCUT2D eigenvalue weighted by Gasteiger charge is 2.09. The maximum Gasteiger partial charge on any atom is 0.269 e. The summed E-state index contributed by atoms with van der Waals surface area (Å²) in [5, 5.41) is 13.2. The number of nitrogens with one attached hydrogen (secondary N) is 4. The number of hydrogen-bond acceptors (Lipinski definition) is 7. The molecule has 4 aromatic rings. The second-order valence-electron chi connectivity index (χ2n) is 7.79. The normalized spacial score (nSPS) is 10.5. The van der Waals surface area contributed by atoms with E-state index in [4.69, 9.17) is 0 Å². The third-order valence-electron chi connectivity index (χ3n) is 5.19. The van der Waals surface area contributed by atoms with E-state index in [2.05, 4.69) is 36.2 Å². The van der Waals surface area contributed by atoms with Crippen molar-refractivity contribution < 1.29 is 9.59 Å². The zero-order valence-corrected chi connectivity index (χ0v) is 19.4. The lowest BCUT2D eigenvalue weighted by molar-refractivity contribution is -0.118. The van der Waals surface area contributed by atoms with Crippen molar-refractivity contribution in [2.45, 2.75) is 6.92 Å². The fourth-order valence-electron chi connectivity index (χ4n) is 3.50. The Morgan fingerprint density at radius 3 is 2.43 bits per heavy atom. The van der Waals surface area contributed by atoms with Crippen LogP contribution in [0.2, 0.25) is 0 Å². The Morgan fingerprint density at radius 2 is 1.54 bits per heavy atom. The number of hydrogen-bond donors (Lipinski definition) is 4. The van der Waals surface area contributed by atoms with E-state index >= 15 is 0 Å². The number of benzene rings is 2. The Morgan fingerprint density at radius 1 is 0.771 bits per heavy atom. The fourth-order valence-corrected chi connectivity index (χ4v) is 3.50. The van der Waals surface area contributed by atoms with Gasteiger partial charge in [-0.2, -0.15) is 0 Å².